The molecular formula is C29H37Cl2N3O6S. The van der Waals surface area contributed by atoms with Crippen LogP contribution in [0.3, 0.4) is 0 Å². The van der Waals surface area contributed by atoms with Crippen LogP contribution in [0.5, 0.6) is 11.5 Å². The molecule has 224 valence electrons. The number of hydrogen-bond acceptors (Lipinski definition) is 6. The third-order valence-corrected chi connectivity index (χ3v) is 9.97. The van der Waals surface area contributed by atoms with E-state index >= 15 is 0 Å². The van der Waals surface area contributed by atoms with Gasteiger partial charge in [-0.15, -0.1) is 0 Å². The van der Waals surface area contributed by atoms with Gasteiger partial charge in [0, 0.05) is 34.3 Å². The maximum Gasteiger partial charge on any atom is 0.244 e. The Hall–Kier alpha value is -2.69. The Morgan fingerprint density at radius 1 is 1.00 bits per heavy atom. The van der Waals surface area contributed by atoms with E-state index < -0.39 is 28.5 Å². The average molecular weight is 627 g/mol. The van der Waals surface area contributed by atoms with Gasteiger partial charge >= 0.3 is 0 Å². The highest BCUT2D eigenvalue weighted by Gasteiger charge is 2.34. The van der Waals surface area contributed by atoms with Crippen molar-refractivity contribution in [3.05, 3.63) is 52.0 Å². The molecule has 41 heavy (non-hydrogen) atoms. The second-order valence-electron chi connectivity index (χ2n) is 10.2. The summed E-state index contributed by atoms with van der Waals surface area (Å²) in [6.07, 6.45) is 5.31. The fourth-order valence-corrected chi connectivity index (χ4v) is 6.80. The molecule has 2 aromatic rings. The minimum Gasteiger partial charge on any atom is -0.486 e. The Balaban J connectivity index is 1.68. The van der Waals surface area contributed by atoms with Gasteiger partial charge in [-0.25, -0.2) is 8.42 Å². The van der Waals surface area contributed by atoms with Crippen molar-refractivity contribution in [3.8, 4) is 11.5 Å². The Morgan fingerprint density at radius 3 is 2.29 bits per heavy atom. The quantitative estimate of drug-likeness (QED) is 0.369. The first kappa shape index (κ1) is 31.3. The summed E-state index contributed by atoms with van der Waals surface area (Å²) < 4.78 is 38.9. The number of fused-ring (bicyclic) bond motifs is 1. The summed E-state index contributed by atoms with van der Waals surface area (Å²) in [5, 5.41) is 3.82. The van der Waals surface area contributed by atoms with Crippen molar-refractivity contribution in [2.24, 2.45) is 0 Å². The molecular weight excluding hydrogens is 589 g/mol. The highest BCUT2D eigenvalue weighted by atomic mass is 35.5. The molecule has 0 radical (unpaired) electrons. The molecule has 2 aromatic carbocycles. The molecule has 1 heterocycles. The molecule has 9 nitrogen and oxygen atoms in total. The zero-order valence-corrected chi connectivity index (χ0v) is 25.7. The highest BCUT2D eigenvalue weighted by Crippen LogP contribution is 2.35. The van der Waals surface area contributed by atoms with Gasteiger partial charge in [-0.2, -0.15) is 0 Å². The zero-order chi connectivity index (χ0) is 29.6. The fraction of sp³-hybridized carbons (Fsp3) is 0.517. The van der Waals surface area contributed by atoms with E-state index in [-0.39, 0.29) is 29.9 Å². The molecule has 1 saturated carbocycles. The summed E-state index contributed by atoms with van der Waals surface area (Å²) in [6.45, 7) is 3.47. The molecule has 4 rings (SSSR count). The summed E-state index contributed by atoms with van der Waals surface area (Å²) in [4.78, 5) is 29.1. The first-order valence-corrected chi connectivity index (χ1v) is 16.4. The third kappa shape index (κ3) is 7.59. The van der Waals surface area contributed by atoms with Crippen molar-refractivity contribution < 1.29 is 27.5 Å². The molecule has 0 aromatic heterocycles. The number of ether oxygens (including phenoxy) is 2. The van der Waals surface area contributed by atoms with Crippen LogP contribution >= 0.6 is 23.2 Å². The second-order valence-corrected chi connectivity index (χ2v) is 13.2. The van der Waals surface area contributed by atoms with Gasteiger partial charge in [-0.1, -0.05) is 55.5 Å². The van der Waals surface area contributed by atoms with Crippen molar-refractivity contribution in [3.63, 3.8) is 0 Å². The summed E-state index contributed by atoms with van der Waals surface area (Å²) >= 11 is 12.9. The molecule has 2 aliphatic rings. The lowest BCUT2D eigenvalue weighted by Gasteiger charge is -2.35. The van der Waals surface area contributed by atoms with Gasteiger partial charge in [0.25, 0.3) is 0 Å². The summed E-state index contributed by atoms with van der Waals surface area (Å²) in [5.74, 6) is -0.167. The molecule has 1 fully saturated rings. The molecule has 0 saturated heterocycles. The van der Waals surface area contributed by atoms with Gasteiger partial charge in [-0.3, -0.25) is 13.9 Å². The minimum absolute atomic E-state index is 0.0424. The molecule has 0 unspecified atom stereocenters. The van der Waals surface area contributed by atoms with Crippen molar-refractivity contribution >= 4 is 50.7 Å². The van der Waals surface area contributed by atoms with E-state index in [1.165, 1.54) is 11.8 Å². The second kappa shape index (κ2) is 14.0. The van der Waals surface area contributed by atoms with E-state index in [0.29, 0.717) is 46.7 Å². The van der Waals surface area contributed by atoms with E-state index in [4.69, 9.17) is 32.7 Å². The van der Waals surface area contributed by atoms with Crippen LogP contribution in [0.25, 0.3) is 0 Å². The normalized spacial score (nSPS) is 16.1. The molecule has 2 amide bonds. The molecule has 1 aliphatic heterocycles. The number of nitrogens with zero attached hydrogens (tertiary/aromatic N) is 2. The van der Waals surface area contributed by atoms with Crippen molar-refractivity contribution in [2.45, 2.75) is 71.0 Å². The summed E-state index contributed by atoms with van der Waals surface area (Å²) in [7, 11) is -3.90. The van der Waals surface area contributed by atoms with Crippen LogP contribution in [-0.2, 0) is 26.2 Å². The Bertz CT molecular complexity index is 1330. The van der Waals surface area contributed by atoms with Gasteiger partial charge in [0.15, 0.2) is 11.5 Å². The number of sulfonamides is 1. The van der Waals surface area contributed by atoms with E-state index in [1.807, 2.05) is 6.92 Å². The number of benzene rings is 2. The molecule has 1 aliphatic carbocycles. The van der Waals surface area contributed by atoms with Gasteiger partial charge in [-0.05, 0) is 50.5 Å². The molecule has 1 atom stereocenters. The lowest BCUT2D eigenvalue weighted by Crippen LogP contribution is -2.54. The van der Waals surface area contributed by atoms with E-state index in [1.54, 1.807) is 36.4 Å². The van der Waals surface area contributed by atoms with Crippen LogP contribution < -0.4 is 19.1 Å². The summed E-state index contributed by atoms with van der Waals surface area (Å²) in [6, 6.07) is 8.97. The molecule has 1 N–H and O–H groups in total. The van der Waals surface area contributed by atoms with E-state index in [2.05, 4.69) is 5.32 Å². The Morgan fingerprint density at radius 2 is 1.66 bits per heavy atom. The SMILES string of the molecule is CC[C@H](C(=O)NC1CCCCC1)N(Cc1c(Cl)cccc1Cl)C(=O)CN(c1ccc2c(c1)OCCO2)S(=O)(=O)CC. The van der Waals surface area contributed by atoms with Crippen molar-refractivity contribution in [2.75, 3.05) is 29.8 Å². The first-order valence-electron chi connectivity index (χ1n) is 14.1. The van der Waals surface area contributed by atoms with Crippen LogP contribution in [0.1, 0.15) is 57.9 Å². The predicted octanol–water partition coefficient (Wildman–Crippen LogP) is 5.18. The van der Waals surface area contributed by atoms with Crippen molar-refractivity contribution in [1.82, 2.24) is 10.2 Å². The summed E-state index contributed by atoms with van der Waals surface area (Å²) in [5.41, 5.74) is 0.747. The monoisotopic (exact) mass is 625 g/mol. The third-order valence-electron chi connectivity index (χ3n) is 7.52. The minimum atomic E-state index is -3.90. The Labute approximate surface area is 252 Å². The maximum atomic E-state index is 14.1. The molecule has 0 bridgehead atoms. The smallest absolute Gasteiger partial charge is 0.244 e. The number of anilines is 1. The number of halogens is 2. The Kier molecular flexibility index (Phi) is 10.7. The zero-order valence-electron chi connectivity index (χ0n) is 23.4. The number of hydrogen-bond donors (Lipinski definition) is 1. The average Bonchev–Trinajstić information content (AvgIpc) is 2.97. The maximum absolute atomic E-state index is 14.1. The van der Waals surface area contributed by atoms with Crippen LogP contribution in [0.2, 0.25) is 10.0 Å². The number of rotatable bonds is 11. The van der Waals surface area contributed by atoms with Gasteiger partial charge < -0.3 is 19.7 Å². The fourth-order valence-electron chi connectivity index (χ4n) is 5.22. The lowest BCUT2D eigenvalue weighted by molar-refractivity contribution is -0.140. The van der Waals surface area contributed by atoms with Crippen LogP contribution in [0.4, 0.5) is 5.69 Å². The number of carbonyl (C=O) groups excluding carboxylic acids is 2. The highest BCUT2D eigenvalue weighted by molar-refractivity contribution is 7.92. The molecule has 12 heteroatoms. The largest absolute Gasteiger partial charge is 0.486 e. The van der Waals surface area contributed by atoms with Crippen LogP contribution in [-0.4, -0.2) is 62.7 Å². The topological polar surface area (TPSA) is 105 Å². The standard InChI is InChI=1S/C29H37Cl2N3O6S/c1-3-25(29(36)32-20-9-6-5-7-10-20)33(18-22-23(30)11-8-12-24(22)31)28(35)19-34(41(37,38)4-2)21-13-14-26-27(17-21)40-16-15-39-26/h8,11-14,17,20,25H,3-7,9-10,15-16,18-19H2,1-2H3,(H,32,36)/t25-/m1/s1. The van der Waals surface area contributed by atoms with Crippen molar-refractivity contribution in [1.29, 1.82) is 0 Å². The number of amides is 2. The first-order chi connectivity index (χ1) is 19.6. The molecule has 0 spiro atoms. The van der Waals surface area contributed by atoms with Gasteiger partial charge in [0.1, 0.15) is 25.8 Å². The van der Waals surface area contributed by atoms with Gasteiger partial charge in [0.05, 0.1) is 11.4 Å². The number of nitrogens with one attached hydrogen (secondary N) is 1. The van der Waals surface area contributed by atoms with Crippen LogP contribution in [0.15, 0.2) is 36.4 Å². The van der Waals surface area contributed by atoms with E-state index in [0.717, 1.165) is 36.4 Å². The lowest BCUT2D eigenvalue weighted by atomic mass is 9.95. The number of carbonyl (C=O) groups is 2. The van der Waals surface area contributed by atoms with Gasteiger partial charge in [0.2, 0.25) is 21.8 Å². The van der Waals surface area contributed by atoms with Crippen LogP contribution in [0, 0.1) is 0 Å². The van der Waals surface area contributed by atoms with E-state index in [9.17, 15) is 18.0 Å². The predicted molar refractivity (Wildman–Crippen MR) is 160 cm³/mol.